The molecule has 162 valence electrons. The molecule has 1 aromatic carbocycles. The summed E-state index contributed by atoms with van der Waals surface area (Å²) in [5, 5.41) is 8.46. The van der Waals surface area contributed by atoms with Gasteiger partial charge in [-0.05, 0) is 25.3 Å². The molecule has 2 unspecified atom stereocenters. The molecule has 9 nitrogen and oxygen atoms in total. The minimum atomic E-state index is -1.42. The van der Waals surface area contributed by atoms with Crippen LogP contribution in [0, 0.1) is 0 Å². The number of aromatic nitrogens is 1. The van der Waals surface area contributed by atoms with Crippen molar-refractivity contribution in [3.8, 4) is 0 Å². The number of ketones is 1. The van der Waals surface area contributed by atoms with Gasteiger partial charge in [-0.15, -0.1) is 0 Å². The minimum absolute atomic E-state index is 0.0795. The van der Waals surface area contributed by atoms with Gasteiger partial charge in [-0.1, -0.05) is 24.8 Å². The van der Waals surface area contributed by atoms with E-state index in [1.165, 1.54) is 6.20 Å². The molecule has 4 N–H and O–H groups in total. The number of hydrogen-bond donors (Lipinski definition) is 4. The molecular weight excluding hydrogens is 398 g/mol. The van der Waals surface area contributed by atoms with Crippen molar-refractivity contribution in [3.63, 3.8) is 0 Å². The van der Waals surface area contributed by atoms with E-state index in [1.54, 1.807) is 12.1 Å². The second-order valence-corrected chi connectivity index (χ2v) is 7.82. The number of nitrogens with zero attached hydrogens (tertiary/aromatic N) is 1. The monoisotopic (exact) mass is 423 g/mol. The standard InChI is InChI=1S/C22H25N5O4/c1-13-10-24-22(31)19(20(29)15-11-23-16-7-3-2-6-14(15)16)26-18(28)12-25-21(30)17-8-4-5-9-27(13)17/h2-3,6-7,11,17,19,23H,1,4-5,8-10,12H2,(H,24,31)(H,25,30)(H,26,28). The third-order valence-corrected chi connectivity index (χ3v) is 5.79. The minimum Gasteiger partial charge on any atom is -0.362 e. The van der Waals surface area contributed by atoms with E-state index in [-0.39, 0.29) is 19.0 Å². The first-order chi connectivity index (χ1) is 15.0. The number of carbonyl (C=O) groups is 4. The molecule has 4 rings (SSSR count). The fourth-order valence-electron chi connectivity index (χ4n) is 4.15. The molecule has 0 spiro atoms. The van der Waals surface area contributed by atoms with Crippen molar-refractivity contribution in [2.45, 2.75) is 31.3 Å². The van der Waals surface area contributed by atoms with Crippen LogP contribution in [0.4, 0.5) is 0 Å². The molecule has 0 radical (unpaired) electrons. The van der Waals surface area contributed by atoms with Gasteiger partial charge in [0.1, 0.15) is 6.04 Å². The van der Waals surface area contributed by atoms with Gasteiger partial charge in [0, 0.05) is 34.9 Å². The lowest BCUT2D eigenvalue weighted by atomic mass is 10.00. The van der Waals surface area contributed by atoms with Crippen LogP contribution in [0.25, 0.3) is 10.9 Å². The summed E-state index contributed by atoms with van der Waals surface area (Å²) in [4.78, 5) is 56.1. The summed E-state index contributed by atoms with van der Waals surface area (Å²) in [6.07, 6.45) is 4.00. The first-order valence-electron chi connectivity index (χ1n) is 10.3. The van der Waals surface area contributed by atoms with Crippen molar-refractivity contribution in [3.05, 3.63) is 48.3 Å². The van der Waals surface area contributed by atoms with E-state index in [2.05, 4.69) is 27.5 Å². The number of para-hydroxylation sites is 1. The maximum Gasteiger partial charge on any atom is 0.251 e. The van der Waals surface area contributed by atoms with Gasteiger partial charge in [0.2, 0.25) is 11.8 Å². The Morgan fingerprint density at radius 1 is 1.03 bits per heavy atom. The summed E-state index contributed by atoms with van der Waals surface area (Å²) in [7, 11) is 0. The molecule has 2 aromatic rings. The van der Waals surface area contributed by atoms with Crippen LogP contribution in [0.5, 0.6) is 0 Å². The first kappa shape index (κ1) is 20.6. The van der Waals surface area contributed by atoms with Gasteiger partial charge in [0.15, 0.2) is 11.8 Å². The topological polar surface area (TPSA) is 123 Å². The van der Waals surface area contributed by atoms with Gasteiger partial charge >= 0.3 is 0 Å². The number of benzene rings is 1. The maximum absolute atomic E-state index is 13.2. The number of piperidine rings is 1. The van der Waals surface area contributed by atoms with Gasteiger partial charge in [0.05, 0.1) is 13.1 Å². The molecule has 9 heteroatoms. The number of amides is 3. The van der Waals surface area contributed by atoms with E-state index < -0.39 is 29.7 Å². The molecule has 0 bridgehead atoms. The van der Waals surface area contributed by atoms with Crippen molar-refractivity contribution < 1.29 is 19.2 Å². The smallest absolute Gasteiger partial charge is 0.251 e. The summed E-state index contributed by atoms with van der Waals surface area (Å²) >= 11 is 0. The predicted molar refractivity (Wildman–Crippen MR) is 114 cm³/mol. The Morgan fingerprint density at radius 3 is 2.65 bits per heavy atom. The van der Waals surface area contributed by atoms with Crippen LogP contribution in [0.1, 0.15) is 29.6 Å². The van der Waals surface area contributed by atoms with E-state index >= 15 is 0 Å². The van der Waals surface area contributed by atoms with Gasteiger partial charge in [0.25, 0.3) is 5.91 Å². The van der Waals surface area contributed by atoms with Crippen molar-refractivity contribution >= 4 is 34.4 Å². The number of carbonyl (C=O) groups excluding carboxylic acids is 4. The zero-order chi connectivity index (χ0) is 22.0. The average Bonchev–Trinajstić information content (AvgIpc) is 3.22. The van der Waals surface area contributed by atoms with Crippen LogP contribution in [-0.2, 0) is 14.4 Å². The second kappa shape index (κ2) is 8.63. The van der Waals surface area contributed by atoms with Gasteiger partial charge < -0.3 is 25.8 Å². The number of Topliss-reactive ketones (excluding diaryl/α,β-unsaturated/α-hetero) is 1. The van der Waals surface area contributed by atoms with E-state index in [4.69, 9.17) is 0 Å². The van der Waals surface area contributed by atoms with E-state index in [0.717, 1.165) is 18.4 Å². The molecule has 31 heavy (non-hydrogen) atoms. The largest absolute Gasteiger partial charge is 0.362 e. The lowest BCUT2D eigenvalue weighted by Gasteiger charge is -2.38. The third kappa shape index (κ3) is 4.16. The summed E-state index contributed by atoms with van der Waals surface area (Å²) in [6.45, 7) is 4.44. The summed E-state index contributed by atoms with van der Waals surface area (Å²) in [6, 6.07) is 5.37. The van der Waals surface area contributed by atoms with E-state index in [1.807, 2.05) is 17.0 Å². The molecule has 2 fully saturated rings. The molecule has 2 atom stereocenters. The first-order valence-corrected chi connectivity index (χ1v) is 10.3. The predicted octanol–water partition coefficient (Wildman–Crippen LogP) is 0.450. The molecule has 1 aromatic heterocycles. The molecule has 3 amide bonds. The number of hydrogen-bond acceptors (Lipinski definition) is 5. The summed E-state index contributed by atoms with van der Waals surface area (Å²) < 4.78 is 0. The molecule has 2 aliphatic rings. The van der Waals surface area contributed by atoms with Crippen LogP contribution in [-0.4, -0.2) is 65.1 Å². The highest BCUT2D eigenvalue weighted by molar-refractivity contribution is 6.19. The normalized spacial score (nSPS) is 23.2. The Bertz CT molecular complexity index is 1060. The lowest BCUT2D eigenvalue weighted by Crippen LogP contribution is -2.57. The van der Waals surface area contributed by atoms with Crippen LogP contribution >= 0.6 is 0 Å². The number of aromatic amines is 1. The number of rotatable bonds is 2. The SMILES string of the molecule is C=C1CNC(=O)C(C(=O)c2c[nH]c3ccccc23)NC(=O)CNC(=O)C2CCCCN12. The van der Waals surface area contributed by atoms with Crippen LogP contribution in [0.15, 0.2) is 42.7 Å². The van der Waals surface area contributed by atoms with Gasteiger partial charge in [-0.3, -0.25) is 19.2 Å². The fraction of sp³-hybridized carbons (Fsp3) is 0.364. The Morgan fingerprint density at radius 2 is 1.81 bits per heavy atom. The quantitative estimate of drug-likeness (QED) is 0.413. The van der Waals surface area contributed by atoms with Crippen LogP contribution in [0.3, 0.4) is 0 Å². The summed E-state index contributed by atoms with van der Waals surface area (Å²) in [5.41, 5.74) is 1.66. The molecular formula is C22H25N5O4. The zero-order valence-electron chi connectivity index (χ0n) is 17.1. The van der Waals surface area contributed by atoms with Gasteiger partial charge in [-0.2, -0.15) is 0 Å². The molecule has 0 saturated carbocycles. The van der Waals surface area contributed by atoms with E-state index in [0.29, 0.717) is 29.6 Å². The highest BCUT2D eigenvalue weighted by Crippen LogP contribution is 2.22. The highest BCUT2D eigenvalue weighted by atomic mass is 16.2. The molecule has 2 aliphatic heterocycles. The van der Waals surface area contributed by atoms with Crippen molar-refractivity contribution in [1.29, 1.82) is 0 Å². The number of nitrogens with one attached hydrogen (secondary N) is 4. The van der Waals surface area contributed by atoms with Crippen LogP contribution < -0.4 is 16.0 Å². The van der Waals surface area contributed by atoms with Crippen molar-refractivity contribution in [2.24, 2.45) is 0 Å². The number of H-pyrrole nitrogens is 1. The Labute approximate surface area is 179 Å². The molecule has 2 saturated heterocycles. The van der Waals surface area contributed by atoms with Crippen molar-refractivity contribution in [2.75, 3.05) is 19.6 Å². The lowest BCUT2D eigenvalue weighted by molar-refractivity contribution is -0.131. The average molecular weight is 423 g/mol. The maximum atomic E-state index is 13.2. The zero-order valence-corrected chi connectivity index (χ0v) is 17.1. The highest BCUT2D eigenvalue weighted by Gasteiger charge is 2.34. The van der Waals surface area contributed by atoms with Crippen LogP contribution in [0.2, 0.25) is 0 Å². The van der Waals surface area contributed by atoms with Gasteiger partial charge in [-0.25, -0.2) is 0 Å². The molecule has 0 aliphatic carbocycles. The summed E-state index contributed by atoms with van der Waals surface area (Å²) in [5.74, 6) is -2.02. The Balaban J connectivity index is 1.60. The Hall–Kier alpha value is -3.62. The fourth-order valence-corrected chi connectivity index (χ4v) is 4.15. The molecule has 3 heterocycles. The third-order valence-electron chi connectivity index (χ3n) is 5.79. The van der Waals surface area contributed by atoms with Crippen molar-refractivity contribution in [1.82, 2.24) is 25.8 Å². The Kier molecular flexibility index (Phi) is 5.75. The second-order valence-electron chi connectivity index (χ2n) is 7.82. The number of fused-ring (bicyclic) bond motifs is 2. The van der Waals surface area contributed by atoms with E-state index in [9.17, 15) is 19.2 Å².